The van der Waals surface area contributed by atoms with Crippen LogP contribution < -0.4 is 0 Å². The summed E-state index contributed by atoms with van der Waals surface area (Å²) in [6.07, 6.45) is 3.86. The number of hydrogen-bond donors (Lipinski definition) is 3. The third-order valence-corrected chi connectivity index (χ3v) is 8.81. The highest BCUT2D eigenvalue weighted by Gasteiger charge is 2.43. The Morgan fingerprint density at radius 1 is 1.18 bits per heavy atom. The first-order valence-electron chi connectivity index (χ1n) is 12.1. The molecule has 0 bridgehead atoms. The zero-order valence-electron chi connectivity index (χ0n) is 19.4. The van der Waals surface area contributed by atoms with Crippen molar-refractivity contribution in [2.45, 2.75) is 75.4 Å². The summed E-state index contributed by atoms with van der Waals surface area (Å²) in [6.45, 7) is 1.81. The lowest BCUT2D eigenvalue weighted by Crippen LogP contribution is -2.21. The number of halogens is 2. The van der Waals surface area contributed by atoms with Crippen LogP contribution in [0, 0.1) is 18.8 Å². The van der Waals surface area contributed by atoms with Gasteiger partial charge in [0, 0.05) is 20.2 Å². The first kappa shape index (κ1) is 26.4. The number of benzene rings is 1. The van der Waals surface area contributed by atoms with E-state index in [0.29, 0.717) is 12.3 Å². The molecule has 1 aliphatic carbocycles. The molecule has 1 aromatic carbocycles. The van der Waals surface area contributed by atoms with Gasteiger partial charge in [-0.1, -0.05) is 17.7 Å². The van der Waals surface area contributed by atoms with Crippen LogP contribution in [0.15, 0.2) is 30.3 Å². The Balaban J connectivity index is 1.24. The van der Waals surface area contributed by atoms with Crippen LogP contribution in [0.1, 0.15) is 52.7 Å². The van der Waals surface area contributed by atoms with E-state index in [1.807, 2.05) is 12.1 Å². The van der Waals surface area contributed by atoms with Crippen molar-refractivity contribution in [2.24, 2.45) is 11.8 Å². The summed E-state index contributed by atoms with van der Waals surface area (Å²) in [5, 5.41) is 29.7. The zero-order valence-corrected chi connectivity index (χ0v) is 21.7. The van der Waals surface area contributed by atoms with Crippen molar-refractivity contribution >= 4 is 34.5 Å². The van der Waals surface area contributed by atoms with Crippen LogP contribution in [0.2, 0.25) is 5.02 Å². The maximum atomic E-state index is 10.7. The molecule has 7 atom stereocenters. The monoisotopic (exact) mass is 528 g/mol. The lowest BCUT2D eigenvalue weighted by Gasteiger charge is -2.23. The maximum absolute atomic E-state index is 10.7. The van der Waals surface area contributed by atoms with E-state index in [4.69, 9.17) is 37.8 Å². The molecule has 8 heteroatoms. The predicted octanol–water partition coefficient (Wildman–Crippen LogP) is 5.04. The molecule has 1 saturated heterocycles. The molecule has 4 rings (SSSR count). The molecule has 1 aromatic heterocycles. The van der Waals surface area contributed by atoms with Crippen molar-refractivity contribution in [3.8, 4) is 0 Å². The van der Waals surface area contributed by atoms with Gasteiger partial charge in [-0.2, -0.15) is 0 Å². The Morgan fingerprint density at radius 2 is 2.00 bits per heavy atom. The highest BCUT2D eigenvalue weighted by Crippen LogP contribution is 2.44. The topological polar surface area (TPSA) is 82.5 Å². The third kappa shape index (κ3) is 6.95. The normalized spacial score (nSPS) is 29.5. The van der Waals surface area contributed by atoms with E-state index in [1.54, 1.807) is 11.3 Å². The molecule has 2 heterocycles. The second kappa shape index (κ2) is 12.0. The van der Waals surface area contributed by atoms with Crippen LogP contribution in [-0.4, -0.2) is 52.4 Å². The van der Waals surface area contributed by atoms with Gasteiger partial charge < -0.3 is 24.8 Å². The summed E-state index contributed by atoms with van der Waals surface area (Å²) in [4.78, 5) is 2.43. The van der Waals surface area contributed by atoms with Gasteiger partial charge in [-0.25, -0.2) is 0 Å². The van der Waals surface area contributed by atoms with Gasteiger partial charge in [-0.15, -0.1) is 22.9 Å². The SMILES string of the molecule is Cc1cc(Cl)cc(CCC2C(O)CC(Cl)C2CCCc2ccc(C3OC3OCC(O)CO)s2)c1. The Labute approximate surface area is 215 Å². The molecule has 2 aliphatic rings. The fraction of sp³-hybridized carbons (Fsp3) is 0.615. The number of aliphatic hydroxyl groups is 3. The predicted molar refractivity (Wildman–Crippen MR) is 136 cm³/mol. The number of thiophene rings is 1. The number of aliphatic hydroxyl groups excluding tert-OH is 3. The number of alkyl halides is 1. The van der Waals surface area contributed by atoms with Crippen LogP contribution in [0.4, 0.5) is 0 Å². The van der Waals surface area contributed by atoms with Gasteiger partial charge in [0.15, 0.2) is 6.29 Å². The van der Waals surface area contributed by atoms with Crippen molar-refractivity contribution in [1.29, 1.82) is 0 Å². The van der Waals surface area contributed by atoms with Gasteiger partial charge in [-0.05, 0) is 92.7 Å². The first-order chi connectivity index (χ1) is 16.3. The molecule has 1 saturated carbocycles. The second-order valence-corrected chi connectivity index (χ2v) is 11.8. The average Bonchev–Trinajstić information content (AvgIpc) is 3.32. The Morgan fingerprint density at radius 3 is 2.76 bits per heavy atom. The van der Waals surface area contributed by atoms with E-state index in [0.717, 1.165) is 47.6 Å². The van der Waals surface area contributed by atoms with Gasteiger partial charge in [0.05, 0.1) is 19.3 Å². The number of aryl methyl sites for hydroxylation is 3. The van der Waals surface area contributed by atoms with Crippen LogP contribution in [0.25, 0.3) is 0 Å². The van der Waals surface area contributed by atoms with E-state index < -0.39 is 6.10 Å². The molecule has 2 aromatic rings. The smallest absolute Gasteiger partial charge is 0.190 e. The molecule has 2 fully saturated rings. The number of epoxide rings is 1. The lowest BCUT2D eigenvalue weighted by atomic mass is 9.85. The summed E-state index contributed by atoms with van der Waals surface area (Å²) in [6, 6.07) is 10.4. The number of hydrogen-bond acceptors (Lipinski definition) is 6. The minimum absolute atomic E-state index is 0.0204. The van der Waals surface area contributed by atoms with Crippen molar-refractivity contribution in [3.05, 3.63) is 56.2 Å². The van der Waals surface area contributed by atoms with Crippen molar-refractivity contribution in [3.63, 3.8) is 0 Å². The molecular formula is C26H34Cl2O5S. The maximum Gasteiger partial charge on any atom is 0.190 e. The number of rotatable bonds is 12. The molecular weight excluding hydrogens is 495 g/mol. The minimum Gasteiger partial charge on any atom is -0.394 e. The first-order valence-corrected chi connectivity index (χ1v) is 13.7. The molecule has 3 N–H and O–H groups in total. The number of ether oxygens (including phenoxy) is 2. The summed E-state index contributed by atoms with van der Waals surface area (Å²) >= 11 is 14.6. The van der Waals surface area contributed by atoms with Crippen LogP contribution in [-0.2, 0) is 22.3 Å². The van der Waals surface area contributed by atoms with Crippen LogP contribution >= 0.6 is 34.5 Å². The van der Waals surface area contributed by atoms with E-state index >= 15 is 0 Å². The highest BCUT2D eigenvalue weighted by molar-refractivity contribution is 7.12. The molecule has 7 unspecified atom stereocenters. The Bertz CT molecular complexity index is 917. The summed E-state index contributed by atoms with van der Waals surface area (Å²) in [5.74, 6) is 0.534. The standard InChI is InChI=1S/C26H34Cl2O5S/c1-15-9-16(11-17(27)10-15)5-7-21-20(22(28)12-23(21)31)4-2-3-19-6-8-24(34-19)25-26(33-25)32-14-18(30)13-29/h6,8-11,18,20-23,25-26,29-31H,2-5,7,12-14H2,1H3. The van der Waals surface area contributed by atoms with Crippen molar-refractivity contribution in [1.82, 2.24) is 0 Å². The Hall–Kier alpha value is -0.700. The van der Waals surface area contributed by atoms with Gasteiger partial charge >= 0.3 is 0 Å². The van der Waals surface area contributed by atoms with E-state index in [2.05, 4.69) is 25.1 Å². The molecule has 1 aliphatic heterocycles. The minimum atomic E-state index is -0.873. The van der Waals surface area contributed by atoms with Gasteiger partial charge in [-0.3, -0.25) is 0 Å². The summed E-state index contributed by atoms with van der Waals surface area (Å²) < 4.78 is 11.0. The summed E-state index contributed by atoms with van der Waals surface area (Å²) in [5.41, 5.74) is 2.38. The van der Waals surface area contributed by atoms with Crippen LogP contribution in [0.5, 0.6) is 0 Å². The van der Waals surface area contributed by atoms with Gasteiger partial charge in [0.2, 0.25) is 0 Å². The van der Waals surface area contributed by atoms with E-state index in [1.165, 1.54) is 10.4 Å². The largest absolute Gasteiger partial charge is 0.394 e. The molecule has 0 amide bonds. The highest BCUT2D eigenvalue weighted by atomic mass is 35.5. The molecule has 5 nitrogen and oxygen atoms in total. The van der Waals surface area contributed by atoms with E-state index in [-0.39, 0.29) is 43.0 Å². The third-order valence-electron chi connectivity index (χ3n) is 6.88. The van der Waals surface area contributed by atoms with Gasteiger partial charge in [0.25, 0.3) is 0 Å². The lowest BCUT2D eigenvalue weighted by molar-refractivity contribution is -0.0275. The quantitative estimate of drug-likeness (QED) is 0.265. The van der Waals surface area contributed by atoms with Crippen molar-refractivity contribution in [2.75, 3.05) is 13.2 Å². The van der Waals surface area contributed by atoms with E-state index in [9.17, 15) is 10.2 Å². The molecule has 188 valence electrons. The summed E-state index contributed by atoms with van der Waals surface area (Å²) in [7, 11) is 0. The van der Waals surface area contributed by atoms with Crippen molar-refractivity contribution < 1.29 is 24.8 Å². The van der Waals surface area contributed by atoms with Gasteiger partial charge in [0.1, 0.15) is 12.2 Å². The Kier molecular flexibility index (Phi) is 9.32. The zero-order chi connectivity index (χ0) is 24.2. The fourth-order valence-corrected chi connectivity index (χ4v) is 7.02. The van der Waals surface area contributed by atoms with Crippen LogP contribution in [0.3, 0.4) is 0 Å². The molecule has 0 radical (unpaired) electrons. The average molecular weight is 530 g/mol. The molecule has 34 heavy (non-hydrogen) atoms. The molecule has 0 spiro atoms. The fourth-order valence-electron chi connectivity index (χ4n) is 5.10. The second-order valence-electron chi connectivity index (χ2n) is 9.61.